The molecule has 0 amide bonds. The molecule has 0 atom stereocenters. The third-order valence-corrected chi connectivity index (χ3v) is 2.12. The van der Waals surface area contributed by atoms with Crippen molar-refractivity contribution in [1.82, 2.24) is 9.97 Å². The van der Waals surface area contributed by atoms with Crippen LogP contribution in [0.2, 0.25) is 0 Å². The van der Waals surface area contributed by atoms with Crippen LogP contribution in [-0.4, -0.2) is 9.97 Å². The molecule has 0 radical (unpaired) electrons. The van der Waals surface area contributed by atoms with Crippen LogP contribution >= 0.6 is 0 Å². The van der Waals surface area contributed by atoms with Gasteiger partial charge in [0.1, 0.15) is 11.3 Å². The molecule has 2 aromatic heterocycles. The molecule has 0 spiro atoms. The number of hydrogen-bond acceptors (Lipinski definition) is 3. The lowest BCUT2D eigenvalue weighted by Crippen LogP contribution is -1.81. The van der Waals surface area contributed by atoms with Crippen LogP contribution in [0.1, 0.15) is 0 Å². The standard InChI is InChI=1S/C10H5FN2O/c11-6-1-2-8-7(3-6)10-9(4-12-8)13-5-14-10/h1-5H. The zero-order valence-electron chi connectivity index (χ0n) is 7.07. The van der Waals surface area contributed by atoms with E-state index in [0.717, 1.165) is 0 Å². The van der Waals surface area contributed by atoms with Crippen molar-refractivity contribution in [2.24, 2.45) is 0 Å². The van der Waals surface area contributed by atoms with Gasteiger partial charge >= 0.3 is 0 Å². The zero-order chi connectivity index (χ0) is 9.54. The van der Waals surface area contributed by atoms with Crippen molar-refractivity contribution in [2.75, 3.05) is 0 Å². The summed E-state index contributed by atoms with van der Waals surface area (Å²) in [5.41, 5.74) is 1.92. The summed E-state index contributed by atoms with van der Waals surface area (Å²) in [6.45, 7) is 0. The minimum absolute atomic E-state index is 0.303. The molecule has 14 heavy (non-hydrogen) atoms. The molecule has 1 aromatic carbocycles. The molecule has 0 fully saturated rings. The van der Waals surface area contributed by atoms with E-state index in [0.29, 0.717) is 22.0 Å². The highest BCUT2D eigenvalue weighted by Gasteiger charge is 2.05. The average Bonchev–Trinajstić information content (AvgIpc) is 2.65. The summed E-state index contributed by atoms with van der Waals surface area (Å²) in [5.74, 6) is -0.303. The van der Waals surface area contributed by atoms with Gasteiger partial charge in [-0.1, -0.05) is 0 Å². The van der Waals surface area contributed by atoms with Gasteiger partial charge in [-0.3, -0.25) is 4.98 Å². The third kappa shape index (κ3) is 0.907. The van der Waals surface area contributed by atoms with E-state index in [9.17, 15) is 4.39 Å². The van der Waals surface area contributed by atoms with Gasteiger partial charge in [0.25, 0.3) is 0 Å². The Balaban J connectivity index is 2.60. The molecule has 3 rings (SSSR count). The number of oxazole rings is 1. The lowest BCUT2D eigenvalue weighted by molar-refractivity contribution is 0.603. The van der Waals surface area contributed by atoms with Crippen molar-refractivity contribution < 1.29 is 8.81 Å². The maximum absolute atomic E-state index is 13.0. The minimum Gasteiger partial charge on any atom is -0.443 e. The number of benzene rings is 1. The average molecular weight is 188 g/mol. The summed E-state index contributed by atoms with van der Waals surface area (Å²) in [4.78, 5) is 8.08. The van der Waals surface area contributed by atoms with Crippen LogP contribution in [0.4, 0.5) is 4.39 Å². The Morgan fingerprint density at radius 1 is 1.14 bits per heavy atom. The molecule has 0 saturated carbocycles. The van der Waals surface area contributed by atoms with Crippen LogP contribution in [-0.2, 0) is 0 Å². The Hall–Kier alpha value is -1.97. The largest absolute Gasteiger partial charge is 0.443 e. The van der Waals surface area contributed by atoms with E-state index in [1.54, 1.807) is 12.3 Å². The minimum atomic E-state index is -0.303. The summed E-state index contributed by atoms with van der Waals surface area (Å²) < 4.78 is 18.1. The first-order chi connectivity index (χ1) is 6.84. The van der Waals surface area contributed by atoms with Crippen molar-refractivity contribution >= 4 is 22.0 Å². The lowest BCUT2D eigenvalue weighted by atomic mass is 10.2. The SMILES string of the molecule is Fc1ccc2ncc3ncoc3c2c1. The summed E-state index contributed by atoms with van der Waals surface area (Å²) >= 11 is 0. The molecule has 68 valence electrons. The number of halogens is 1. The summed E-state index contributed by atoms with van der Waals surface area (Å²) in [5, 5.41) is 0.653. The molecular formula is C10H5FN2O. The number of rotatable bonds is 0. The normalized spacial score (nSPS) is 11.2. The first-order valence-electron chi connectivity index (χ1n) is 4.12. The van der Waals surface area contributed by atoms with E-state index < -0.39 is 0 Å². The molecule has 0 bridgehead atoms. The van der Waals surface area contributed by atoms with Crippen molar-refractivity contribution in [3.05, 3.63) is 36.6 Å². The molecule has 3 aromatic rings. The fourth-order valence-corrected chi connectivity index (χ4v) is 1.48. The number of aromatic nitrogens is 2. The second-order valence-corrected chi connectivity index (χ2v) is 2.99. The zero-order valence-corrected chi connectivity index (χ0v) is 7.07. The van der Waals surface area contributed by atoms with Crippen molar-refractivity contribution in [1.29, 1.82) is 0 Å². The van der Waals surface area contributed by atoms with Crippen LogP contribution in [0.3, 0.4) is 0 Å². The van der Waals surface area contributed by atoms with Crippen LogP contribution in [0, 0.1) is 5.82 Å². The second kappa shape index (κ2) is 2.51. The Labute approximate surface area is 78.2 Å². The van der Waals surface area contributed by atoms with Gasteiger partial charge in [-0.25, -0.2) is 9.37 Å². The van der Waals surface area contributed by atoms with Crippen LogP contribution < -0.4 is 0 Å². The van der Waals surface area contributed by atoms with Gasteiger partial charge in [-0.15, -0.1) is 0 Å². The second-order valence-electron chi connectivity index (χ2n) is 2.99. The topological polar surface area (TPSA) is 38.9 Å². The van der Waals surface area contributed by atoms with Crippen molar-refractivity contribution in [3.63, 3.8) is 0 Å². The number of nitrogens with zero attached hydrogens (tertiary/aromatic N) is 2. The van der Waals surface area contributed by atoms with Gasteiger partial charge in [0.15, 0.2) is 12.0 Å². The lowest BCUT2D eigenvalue weighted by Gasteiger charge is -1.96. The summed E-state index contributed by atoms with van der Waals surface area (Å²) in [7, 11) is 0. The first-order valence-corrected chi connectivity index (χ1v) is 4.12. The van der Waals surface area contributed by atoms with Gasteiger partial charge < -0.3 is 4.42 Å². The first kappa shape index (κ1) is 7.44. The van der Waals surface area contributed by atoms with Crippen LogP contribution in [0.5, 0.6) is 0 Å². The molecule has 3 nitrogen and oxygen atoms in total. The Kier molecular flexibility index (Phi) is 1.33. The van der Waals surface area contributed by atoms with Crippen molar-refractivity contribution in [3.8, 4) is 0 Å². The van der Waals surface area contributed by atoms with E-state index >= 15 is 0 Å². The molecule has 0 N–H and O–H groups in total. The number of fused-ring (bicyclic) bond motifs is 3. The van der Waals surface area contributed by atoms with Gasteiger partial charge in [0.2, 0.25) is 0 Å². The highest BCUT2D eigenvalue weighted by molar-refractivity contribution is 6.00. The Bertz CT molecular complexity index is 618. The van der Waals surface area contributed by atoms with Gasteiger partial charge in [-0.2, -0.15) is 0 Å². The smallest absolute Gasteiger partial charge is 0.182 e. The predicted octanol–water partition coefficient (Wildman–Crippen LogP) is 2.52. The summed E-state index contributed by atoms with van der Waals surface area (Å²) in [6, 6.07) is 4.39. The maximum Gasteiger partial charge on any atom is 0.182 e. The van der Waals surface area contributed by atoms with E-state index in [2.05, 4.69) is 9.97 Å². The molecule has 0 aliphatic heterocycles. The molecule has 2 heterocycles. The highest BCUT2D eigenvalue weighted by Crippen LogP contribution is 2.22. The molecule has 0 unspecified atom stereocenters. The van der Waals surface area contributed by atoms with E-state index in [4.69, 9.17) is 4.42 Å². The predicted molar refractivity (Wildman–Crippen MR) is 49.3 cm³/mol. The molecular weight excluding hydrogens is 183 g/mol. The van der Waals surface area contributed by atoms with Gasteiger partial charge in [0.05, 0.1) is 11.7 Å². The van der Waals surface area contributed by atoms with E-state index in [-0.39, 0.29) is 5.82 Å². The highest BCUT2D eigenvalue weighted by atomic mass is 19.1. The van der Waals surface area contributed by atoms with Crippen molar-refractivity contribution in [2.45, 2.75) is 0 Å². The quantitative estimate of drug-likeness (QED) is 0.544. The van der Waals surface area contributed by atoms with Crippen LogP contribution in [0.15, 0.2) is 35.2 Å². The van der Waals surface area contributed by atoms with E-state index in [1.807, 2.05) is 0 Å². The Morgan fingerprint density at radius 3 is 3.00 bits per heavy atom. The molecule has 4 heteroatoms. The molecule has 0 aliphatic carbocycles. The van der Waals surface area contributed by atoms with Crippen LogP contribution in [0.25, 0.3) is 22.0 Å². The number of hydrogen-bond donors (Lipinski definition) is 0. The summed E-state index contributed by atoms with van der Waals surface area (Å²) in [6.07, 6.45) is 2.94. The van der Waals surface area contributed by atoms with E-state index in [1.165, 1.54) is 18.5 Å². The maximum atomic E-state index is 13.0. The third-order valence-electron chi connectivity index (χ3n) is 2.12. The molecule has 0 saturated heterocycles. The van der Waals surface area contributed by atoms with Gasteiger partial charge in [0, 0.05) is 5.39 Å². The fraction of sp³-hybridized carbons (Fsp3) is 0. The monoisotopic (exact) mass is 188 g/mol. The van der Waals surface area contributed by atoms with Gasteiger partial charge in [-0.05, 0) is 18.2 Å². The Morgan fingerprint density at radius 2 is 2.07 bits per heavy atom. The molecule has 0 aliphatic rings. The fourth-order valence-electron chi connectivity index (χ4n) is 1.48. The number of pyridine rings is 1.